The standard InChI is InChI=1S/C29H55N5O8/c1-14(2)10-19(33-29(42)26(17(7)8)34-28(41)25(30)16(5)6)21(35)12-23(37)31-18(9)27(40)32-20(11-15(3)4)22(36)13-24(38)39/h14-22,25-26,35-36H,10-13,30H2,1-9H3,(H,31,37)(H,32,40)(H,33,42)(H,34,41)(H,38,39)/t18-,19-,20-,21-,22-,25-,26-/m0/s1. The van der Waals surface area contributed by atoms with Crippen LogP contribution in [0.4, 0.5) is 0 Å². The molecule has 0 rings (SSSR count). The van der Waals surface area contributed by atoms with Crippen molar-refractivity contribution in [2.24, 2.45) is 29.4 Å². The number of aliphatic hydroxyl groups excluding tert-OH is 2. The summed E-state index contributed by atoms with van der Waals surface area (Å²) in [5, 5.41) is 40.8. The molecular weight excluding hydrogens is 546 g/mol. The van der Waals surface area contributed by atoms with Crippen molar-refractivity contribution in [3.63, 3.8) is 0 Å². The molecule has 0 spiro atoms. The van der Waals surface area contributed by atoms with Crippen LogP contribution in [0.1, 0.15) is 88.0 Å². The topological polar surface area (TPSA) is 220 Å². The molecule has 42 heavy (non-hydrogen) atoms. The molecule has 0 bridgehead atoms. The van der Waals surface area contributed by atoms with Gasteiger partial charge in [-0.15, -0.1) is 0 Å². The number of nitrogens with one attached hydrogen (secondary N) is 4. The van der Waals surface area contributed by atoms with Crippen LogP contribution < -0.4 is 27.0 Å². The van der Waals surface area contributed by atoms with E-state index in [2.05, 4.69) is 21.3 Å². The van der Waals surface area contributed by atoms with E-state index in [1.165, 1.54) is 6.92 Å². The molecule has 244 valence electrons. The lowest BCUT2D eigenvalue weighted by Crippen LogP contribution is -2.58. The first-order chi connectivity index (χ1) is 19.3. The van der Waals surface area contributed by atoms with Crippen LogP contribution in [0.5, 0.6) is 0 Å². The number of carboxylic acid groups (broad SMARTS) is 1. The molecule has 4 amide bonds. The molecule has 0 aromatic heterocycles. The first-order valence-corrected chi connectivity index (χ1v) is 14.8. The van der Waals surface area contributed by atoms with Crippen molar-refractivity contribution in [2.75, 3.05) is 0 Å². The van der Waals surface area contributed by atoms with Crippen LogP contribution in [0.3, 0.4) is 0 Å². The molecule has 0 saturated heterocycles. The number of hydrogen-bond acceptors (Lipinski definition) is 8. The highest BCUT2D eigenvalue weighted by Gasteiger charge is 2.32. The highest BCUT2D eigenvalue weighted by atomic mass is 16.4. The molecule has 0 aliphatic heterocycles. The summed E-state index contributed by atoms with van der Waals surface area (Å²) in [7, 11) is 0. The number of aliphatic hydroxyl groups is 2. The average molecular weight is 602 g/mol. The van der Waals surface area contributed by atoms with Crippen LogP contribution >= 0.6 is 0 Å². The van der Waals surface area contributed by atoms with E-state index < -0.39 is 84.9 Å². The quantitative estimate of drug-likeness (QED) is 0.102. The molecule has 0 heterocycles. The van der Waals surface area contributed by atoms with Gasteiger partial charge in [0.05, 0.1) is 43.2 Å². The molecule has 0 aromatic carbocycles. The predicted molar refractivity (Wildman–Crippen MR) is 159 cm³/mol. The summed E-state index contributed by atoms with van der Waals surface area (Å²) in [6.45, 7) is 16.1. The Morgan fingerprint density at radius 3 is 1.48 bits per heavy atom. The second-order valence-corrected chi connectivity index (χ2v) is 12.7. The predicted octanol–water partition coefficient (Wildman–Crippen LogP) is 0.264. The number of carbonyl (C=O) groups is 5. The molecule has 13 heteroatoms. The molecular formula is C29H55N5O8. The maximum absolute atomic E-state index is 13.2. The monoisotopic (exact) mass is 601 g/mol. The number of aliphatic carboxylic acids is 1. The van der Waals surface area contributed by atoms with E-state index in [4.69, 9.17) is 10.8 Å². The number of hydrogen-bond donors (Lipinski definition) is 8. The third kappa shape index (κ3) is 14.9. The van der Waals surface area contributed by atoms with Gasteiger partial charge in [-0.1, -0.05) is 55.4 Å². The number of carbonyl (C=O) groups excluding carboxylic acids is 4. The van der Waals surface area contributed by atoms with Crippen LogP contribution in [0, 0.1) is 23.7 Å². The van der Waals surface area contributed by atoms with E-state index in [1.54, 1.807) is 27.7 Å². The van der Waals surface area contributed by atoms with Gasteiger partial charge in [-0.3, -0.25) is 24.0 Å². The third-order valence-corrected chi connectivity index (χ3v) is 6.85. The number of amides is 4. The van der Waals surface area contributed by atoms with E-state index >= 15 is 0 Å². The minimum Gasteiger partial charge on any atom is -0.481 e. The van der Waals surface area contributed by atoms with Crippen molar-refractivity contribution in [3.8, 4) is 0 Å². The Labute approximate surface area is 250 Å². The fourth-order valence-corrected chi connectivity index (χ4v) is 4.33. The lowest BCUT2D eigenvalue weighted by Gasteiger charge is -2.30. The number of carboxylic acids is 1. The highest BCUT2D eigenvalue weighted by molar-refractivity contribution is 5.90. The highest BCUT2D eigenvalue weighted by Crippen LogP contribution is 2.14. The Kier molecular flexibility index (Phi) is 17.5. The van der Waals surface area contributed by atoms with Crippen molar-refractivity contribution in [2.45, 2.75) is 130 Å². The Balaban J connectivity index is 5.41. The molecule has 9 N–H and O–H groups in total. The minimum atomic E-state index is -1.31. The lowest BCUT2D eigenvalue weighted by atomic mass is 9.95. The van der Waals surface area contributed by atoms with Gasteiger partial charge in [-0.25, -0.2) is 0 Å². The normalized spacial score (nSPS) is 16.8. The van der Waals surface area contributed by atoms with Gasteiger partial charge >= 0.3 is 5.97 Å². The van der Waals surface area contributed by atoms with E-state index in [-0.39, 0.29) is 23.7 Å². The van der Waals surface area contributed by atoms with E-state index in [0.29, 0.717) is 12.8 Å². The van der Waals surface area contributed by atoms with Gasteiger partial charge in [-0.05, 0) is 43.4 Å². The summed E-state index contributed by atoms with van der Waals surface area (Å²) in [6, 6.07) is -4.38. The van der Waals surface area contributed by atoms with Gasteiger partial charge in [0.25, 0.3) is 0 Å². The Hall–Kier alpha value is -2.77. The Morgan fingerprint density at radius 2 is 1.07 bits per heavy atom. The summed E-state index contributed by atoms with van der Waals surface area (Å²) in [5.41, 5.74) is 5.93. The van der Waals surface area contributed by atoms with Gasteiger partial charge in [0.1, 0.15) is 12.1 Å². The Bertz CT molecular complexity index is 895. The molecule has 0 unspecified atom stereocenters. The molecule has 13 nitrogen and oxygen atoms in total. The zero-order chi connectivity index (χ0) is 32.9. The van der Waals surface area contributed by atoms with Crippen molar-refractivity contribution >= 4 is 29.6 Å². The largest absolute Gasteiger partial charge is 0.481 e. The van der Waals surface area contributed by atoms with E-state index in [0.717, 1.165) is 0 Å². The van der Waals surface area contributed by atoms with Gasteiger partial charge in [0.15, 0.2) is 0 Å². The van der Waals surface area contributed by atoms with Crippen molar-refractivity contribution < 1.29 is 39.3 Å². The minimum absolute atomic E-state index is 0.0503. The molecule has 0 aliphatic carbocycles. The molecule has 0 saturated carbocycles. The lowest BCUT2D eigenvalue weighted by molar-refractivity contribution is -0.140. The van der Waals surface area contributed by atoms with Crippen molar-refractivity contribution in [3.05, 3.63) is 0 Å². The van der Waals surface area contributed by atoms with Crippen molar-refractivity contribution in [1.82, 2.24) is 21.3 Å². The molecule has 0 fully saturated rings. The summed E-state index contributed by atoms with van der Waals surface area (Å²) in [5.74, 6) is -3.73. The van der Waals surface area contributed by atoms with Crippen LogP contribution in [0.15, 0.2) is 0 Å². The van der Waals surface area contributed by atoms with Crippen LogP contribution in [0.25, 0.3) is 0 Å². The summed E-state index contributed by atoms with van der Waals surface area (Å²) in [4.78, 5) is 62.2. The van der Waals surface area contributed by atoms with E-state index in [1.807, 2.05) is 27.7 Å². The average Bonchev–Trinajstić information content (AvgIpc) is 2.84. The smallest absolute Gasteiger partial charge is 0.306 e. The molecule has 0 aromatic rings. The zero-order valence-corrected chi connectivity index (χ0v) is 26.6. The molecule has 7 atom stereocenters. The summed E-state index contributed by atoms with van der Waals surface area (Å²) < 4.78 is 0. The number of nitrogens with two attached hydrogens (primary N) is 1. The zero-order valence-electron chi connectivity index (χ0n) is 26.6. The summed E-state index contributed by atoms with van der Waals surface area (Å²) >= 11 is 0. The van der Waals surface area contributed by atoms with Gasteiger partial charge in [0, 0.05) is 0 Å². The first kappa shape index (κ1) is 39.2. The SMILES string of the molecule is CC(C)C[C@H](NC(=O)[C@H](C)NC(=O)C[C@H](O)[C@H](CC(C)C)NC(=O)[C@@H](NC(=O)[C@@H](N)C(C)C)C(C)C)[C@@H](O)CC(=O)O. The third-order valence-electron chi connectivity index (χ3n) is 6.85. The van der Waals surface area contributed by atoms with Crippen molar-refractivity contribution in [1.29, 1.82) is 0 Å². The second-order valence-electron chi connectivity index (χ2n) is 12.7. The maximum atomic E-state index is 13.2. The fourth-order valence-electron chi connectivity index (χ4n) is 4.33. The number of rotatable bonds is 19. The van der Waals surface area contributed by atoms with E-state index in [9.17, 15) is 34.2 Å². The van der Waals surface area contributed by atoms with Gasteiger partial charge in [0.2, 0.25) is 23.6 Å². The maximum Gasteiger partial charge on any atom is 0.306 e. The van der Waals surface area contributed by atoms with Gasteiger partial charge in [-0.2, -0.15) is 0 Å². The molecule has 0 radical (unpaired) electrons. The van der Waals surface area contributed by atoms with Crippen LogP contribution in [0.2, 0.25) is 0 Å². The Morgan fingerprint density at radius 1 is 0.619 bits per heavy atom. The van der Waals surface area contributed by atoms with Gasteiger partial charge < -0.3 is 42.3 Å². The van der Waals surface area contributed by atoms with Crippen LogP contribution in [-0.4, -0.2) is 87.3 Å². The fraction of sp³-hybridized carbons (Fsp3) is 0.828. The van der Waals surface area contributed by atoms with Crippen LogP contribution in [-0.2, 0) is 24.0 Å². The first-order valence-electron chi connectivity index (χ1n) is 14.8. The second kappa shape index (κ2) is 18.7. The molecule has 0 aliphatic rings. The summed E-state index contributed by atoms with van der Waals surface area (Å²) in [6.07, 6.45) is -2.88.